The zero-order valence-electron chi connectivity index (χ0n) is 15.5. The van der Waals surface area contributed by atoms with Gasteiger partial charge in [0.1, 0.15) is 0 Å². The van der Waals surface area contributed by atoms with Gasteiger partial charge in [0.05, 0.1) is 17.0 Å². The molecule has 0 saturated heterocycles. The maximum absolute atomic E-state index is 12.6. The van der Waals surface area contributed by atoms with E-state index in [9.17, 15) is 13.2 Å². The number of rotatable bonds is 8. The molecule has 5 nitrogen and oxygen atoms in total. The van der Waals surface area contributed by atoms with Crippen molar-refractivity contribution in [2.24, 2.45) is 0 Å². The molecular weight excluding hydrogens is 348 g/mol. The van der Waals surface area contributed by atoms with Gasteiger partial charge in [-0.05, 0) is 43.2 Å². The molecule has 0 aliphatic rings. The quantitative estimate of drug-likeness (QED) is 0.770. The summed E-state index contributed by atoms with van der Waals surface area (Å²) in [6, 6.07) is 15.5. The first-order valence-corrected chi connectivity index (χ1v) is 10.2. The summed E-state index contributed by atoms with van der Waals surface area (Å²) in [7, 11) is -2.07. The minimum absolute atomic E-state index is 0.0241. The van der Waals surface area contributed by atoms with Crippen molar-refractivity contribution in [2.75, 3.05) is 11.4 Å². The lowest BCUT2D eigenvalue weighted by molar-refractivity contribution is -0.121. The zero-order chi connectivity index (χ0) is 19.2. The van der Waals surface area contributed by atoms with E-state index in [1.807, 2.05) is 6.92 Å². The van der Waals surface area contributed by atoms with E-state index in [-0.39, 0.29) is 23.3 Å². The van der Waals surface area contributed by atoms with Crippen molar-refractivity contribution in [3.63, 3.8) is 0 Å². The van der Waals surface area contributed by atoms with Gasteiger partial charge in [-0.3, -0.25) is 9.10 Å². The van der Waals surface area contributed by atoms with Gasteiger partial charge in [-0.25, -0.2) is 8.42 Å². The molecule has 0 fully saturated rings. The summed E-state index contributed by atoms with van der Waals surface area (Å²) >= 11 is 0. The van der Waals surface area contributed by atoms with E-state index in [2.05, 4.69) is 12.2 Å². The molecule has 26 heavy (non-hydrogen) atoms. The Balaban J connectivity index is 2.06. The molecule has 2 rings (SSSR count). The number of hydrogen-bond acceptors (Lipinski definition) is 3. The summed E-state index contributed by atoms with van der Waals surface area (Å²) in [5, 5.41) is 2.97. The Hall–Kier alpha value is -2.34. The van der Waals surface area contributed by atoms with Gasteiger partial charge >= 0.3 is 0 Å². The Morgan fingerprint density at radius 2 is 1.69 bits per heavy atom. The van der Waals surface area contributed by atoms with Crippen molar-refractivity contribution in [1.82, 2.24) is 5.32 Å². The standard InChI is InChI=1S/C20H26N2O3S/c1-4-8-16(2)21-20(23)15-17-11-13-18(14-12-17)22(3)26(24,25)19-9-6-5-7-10-19/h5-7,9-14,16H,4,8,15H2,1-3H3,(H,21,23). The lowest BCUT2D eigenvalue weighted by atomic mass is 10.1. The van der Waals surface area contributed by atoms with E-state index in [0.29, 0.717) is 5.69 Å². The molecule has 0 bridgehead atoms. The van der Waals surface area contributed by atoms with Crippen molar-refractivity contribution in [2.45, 2.75) is 44.0 Å². The number of hydrogen-bond donors (Lipinski definition) is 1. The van der Waals surface area contributed by atoms with Crippen LogP contribution in [0.3, 0.4) is 0 Å². The highest BCUT2D eigenvalue weighted by Gasteiger charge is 2.20. The number of sulfonamides is 1. The van der Waals surface area contributed by atoms with Crippen LogP contribution in [-0.2, 0) is 21.2 Å². The summed E-state index contributed by atoms with van der Waals surface area (Å²) in [5.74, 6) is -0.0241. The average Bonchev–Trinajstić information content (AvgIpc) is 2.62. The van der Waals surface area contributed by atoms with Gasteiger partial charge in [-0.15, -0.1) is 0 Å². The molecule has 1 amide bonds. The molecule has 0 heterocycles. The van der Waals surface area contributed by atoms with E-state index in [4.69, 9.17) is 0 Å². The SMILES string of the molecule is CCCC(C)NC(=O)Cc1ccc(N(C)S(=O)(=O)c2ccccc2)cc1. The molecule has 0 aliphatic carbocycles. The molecular formula is C20H26N2O3S. The maximum atomic E-state index is 12.6. The van der Waals surface area contributed by atoms with Crippen LogP contribution >= 0.6 is 0 Å². The van der Waals surface area contributed by atoms with E-state index >= 15 is 0 Å². The zero-order valence-corrected chi connectivity index (χ0v) is 16.3. The molecule has 1 N–H and O–H groups in total. The van der Waals surface area contributed by atoms with Gasteiger partial charge in [0.2, 0.25) is 5.91 Å². The maximum Gasteiger partial charge on any atom is 0.264 e. The molecule has 0 aromatic heterocycles. The fourth-order valence-corrected chi connectivity index (χ4v) is 3.95. The first kappa shape index (κ1) is 20.0. The predicted octanol–water partition coefficient (Wildman–Crippen LogP) is 3.36. The minimum atomic E-state index is -3.60. The molecule has 140 valence electrons. The van der Waals surface area contributed by atoms with Crippen molar-refractivity contribution in [3.05, 3.63) is 60.2 Å². The smallest absolute Gasteiger partial charge is 0.264 e. The fourth-order valence-electron chi connectivity index (χ4n) is 2.73. The van der Waals surface area contributed by atoms with Crippen LogP contribution in [0.5, 0.6) is 0 Å². The molecule has 0 radical (unpaired) electrons. The molecule has 0 spiro atoms. The lowest BCUT2D eigenvalue weighted by Crippen LogP contribution is -2.33. The van der Waals surface area contributed by atoms with Gasteiger partial charge in [-0.1, -0.05) is 43.7 Å². The highest BCUT2D eigenvalue weighted by atomic mass is 32.2. The Morgan fingerprint density at radius 3 is 2.27 bits per heavy atom. The summed E-state index contributed by atoms with van der Waals surface area (Å²) in [5.41, 5.74) is 1.40. The monoisotopic (exact) mass is 374 g/mol. The van der Waals surface area contributed by atoms with Crippen molar-refractivity contribution in [3.8, 4) is 0 Å². The highest BCUT2D eigenvalue weighted by Crippen LogP contribution is 2.22. The van der Waals surface area contributed by atoms with Gasteiger partial charge in [-0.2, -0.15) is 0 Å². The molecule has 1 unspecified atom stereocenters. The molecule has 2 aromatic carbocycles. The van der Waals surface area contributed by atoms with Crippen molar-refractivity contribution < 1.29 is 13.2 Å². The second-order valence-corrected chi connectivity index (χ2v) is 8.36. The number of anilines is 1. The third-order valence-electron chi connectivity index (χ3n) is 4.20. The van der Waals surface area contributed by atoms with Gasteiger partial charge in [0.15, 0.2) is 0 Å². The van der Waals surface area contributed by atoms with E-state index < -0.39 is 10.0 Å². The summed E-state index contributed by atoms with van der Waals surface area (Å²) < 4.78 is 26.5. The normalized spacial score (nSPS) is 12.4. The van der Waals surface area contributed by atoms with Crippen molar-refractivity contribution >= 4 is 21.6 Å². The molecule has 0 aliphatic heterocycles. The molecule has 0 saturated carbocycles. The molecule has 2 aromatic rings. The van der Waals surface area contributed by atoms with Crippen LogP contribution in [0.4, 0.5) is 5.69 Å². The van der Waals surface area contributed by atoms with Crippen LogP contribution in [0.15, 0.2) is 59.5 Å². The third-order valence-corrected chi connectivity index (χ3v) is 6.00. The average molecular weight is 375 g/mol. The van der Waals surface area contributed by atoms with E-state index in [1.54, 1.807) is 54.6 Å². The fraction of sp³-hybridized carbons (Fsp3) is 0.350. The topological polar surface area (TPSA) is 66.5 Å². The predicted molar refractivity (Wildman–Crippen MR) is 105 cm³/mol. The Kier molecular flexibility index (Phi) is 6.80. The summed E-state index contributed by atoms with van der Waals surface area (Å²) in [4.78, 5) is 12.3. The highest BCUT2D eigenvalue weighted by molar-refractivity contribution is 7.92. The molecule has 6 heteroatoms. The number of nitrogens with zero attached hydrogens (tertiary/aromatic N) is 1. The first-order valence-electron chi connectivity index (χ1n) is 8.77. The Morgan fingerprint density at radius 1 is 1.08 bits per heavy atom. The largest absolute Gasteiger partial charge is 0.353 e. The third kappa shape index (κ3) is 5.08. The van der Waals surface area contributed by atoms with Crippen LogP contribution in [0.1, 0.15) is 32.3 Å². The number of carbonyl (C=O) groups excluding carboxylic acids is 1. The molecule has 1 atom stereocenters. The second-order valence-electron chi connectivity index (χ2n) is 6.39. The summed E-state index contributed by atoms with van der Waals surface area (Å²) in [6.07, 6.45) is 2.26. The number of amides is 1. The van der Waals surface area contributed by atoms with E-state index in [0.717, 1.165) is 18.4 Å². The Labute approximate surface area is 156 Å². The van der Waals surface area contributed by atoms with Crippen LogP contribution in [0.2, 0.25) is 0 Å². The number of benzene rings is 2. The number of carbonyl (C=O) groups is 1. The van der Waals surface area contributed by atoms with Gasteiger partial charge < -0.3 is 5.32 Å². The van der Waals surface area contributed by atoms with Crippen LogP contribution < -0.4 is 9.62 Å². The van der Waals surface area contributed by atoms with Crippen LogP contribution in [-0.4, -0.2) is 27.4 Å². The number of nitrogens with one attached hydrogen (secondary N) is 1. The first-order chi connectivity index (χ1) is 12.3. The van der Waals surface area contributed by atoms with Crippen LogP contribution in [0.25, 0.3) is 0 Å². The van der Waals surface area contributed by atoms with Gasteiger partial charge in [0, 0.05) is 13.1 Å². The minimum Gasteiger partial charge on any atom is -0.353 e. The lowest BCUT2D eigenvalue weighted by Gasteiger charge is -2.20. The van der Waals surface area contributed by atoms with Gasteiger partial charge in [0.25, 0.3) is 10.0 Å². The van der Waals surface area contributed by atoms with E-state index in [1.165, 1.54) is 11.4 Å². The van der Waals surface area contributed by atoms with Crippen LogP contribution in [0, 0.1) is 0 Å². The van der Waals surface area contributed by atoms with Crippen molar-refractivity contribution in [1.29, 1.82) is 0 Å². The second kappa shape index (κ2) is 8.85. The Bertz CT molecular complexity index is 818. The summed E-state index contributed by atoms with van der Waals surface area (Å²) in [6.45, 7) is 4.08.